The number of aliphatic hydroxyl groups excluding tert-OH is 1. The van der Waals surface area contributed by atoms with E-state index < -0.39 is 42.2 Å². The van der Waals surface area contributed by atoms with Crippen LogP contribution in [0.25, 0.3) is 10.2 Å². The van der Waals surface area contributed by atoms with Gasteiger partial charge in [-0.1, -0.05) is 6.07 Å². The molecule has 0 radical (unpaired) electrons. The summed E-state index contributed by atoms with van der Waals surface area (Å²) in [4.78, 5) is 16.4. The highest BCUT2D eigenvalue weighted by molar-refractivity contribution is 7.16. The normalized spacial score (nSPS) is 11.9. The number of hydrogen-bond donors (Lipinski definition) is 1. The van der Waals surface area contributed by atoms with Crippen LogP contribution in [0, 0.1) is 11.6 Å². The predicted octanol–water partition coefficient (Wildman–Crippen LogP) is 4.38. The van der Waals surface area contributed by atoms with Gasteiger partial charge in [0.05, 0.1) is 29.0 Å². The molecule has 154 valence electrons. The molecule has 0 unspecified atom stereocenters. The maximum Gasteiger partial charge on any atom is 0.416 e. The van der Waals surface area contributed by atoms with Crippen LogP contribution < -0.4 is 0 Å². The first-order valence-electron chi connectivity index (χ1n) is 8.34. The first kappa shape index (κ1) is 21.3. The Hall–Kier alpha value is -2.43. The quantitative estimate of drug-likeness (QED) is 0.343. The van der Waals surface area contributed by atoms with E-state index >= 15 is 4.39 Å². The minimum Gasteiger partial charge on any atom is -0.394 e. The number of thiazole rings is 1. The van der Waals surface area contributed by atoms with Crippen molar-refractivity contribution in [2.45, 2.75) is 12.6 Å². The minimum atomic E-state index is -4.71. The third kappa shape index (κ3) is 4.60. The number of carbonyl (C=O) groups is 1. The van der Waals surface area contributed by atoms with Crippen molar-refractivity contribution < 1.29 is 36.6 Å². The van der Waals surface area contributed by atoms with Crippen LogP contribution in [0.15, 0.2) is 29.8 Å². The smallest absolute Gasteiger partial charge is 0.394 e. The van der Waals surface area contributed by atoms with Crippen molar-refractivity contribution in [2.75, 3.05) is 19.8 Å². The number of alkyl halides is 3. The van der Waals surface area contributed by atoms with Crippen LogP contribution in [-0.4, -0.2) is 35.7 Å². The van der Waals surface area contributed by atoms with E-state index in [0.29, 0.717) is 16.8 Å². The Morgan fingerprint density at radius 3 is 2.62 bits per heavy atom. The summed E-state index contributed by atoms with van der Waals surface area (Å²) in [6, 6.07) is 3.35. The van der Waals surface area contributed by atoms with Gasteiger partial charge in [-0.15, -0.1) is 11.3 Å². The number of nitrogens with zero attached hydrogens (tertiary/aromatic N) is 1. The lowest BCUT2D eigenvalue weighted by molar-refractivity contribution is -0.137. The number of carbonyl (C=O) groups excluding carboxylic acids is 1. The Kier molecular flexibility index (Phi) is 6.25. The number of ether oxygens (including phenoxy) is 1. The highest BCUT2D eigenvalue weighted by Crippen LogP contribution is 2.32. The summed E-state index contributed by atoms with van der Waals surface area (Å²) < 4.78 is 72.9. The second-order valence-electron chi connectivity index (χ2n) is 6.10. The molecule has 0 bridgehead atoms. The Morgan fingerprint density at radius 1 is 1.21 bits per heavy atom. The molecule has 0 fully saturated rings. The zero-order chi connectivity index (χ0) is 21.2. The molecule has 29 heavy (non-hydrogen) atoms. The Labute approximate surface area is 165 Å². The molecule has 2 aromatic carbocycles. The Morgan fingerprint density at radius 2 is 1.97 bits per heavy atom. The largest absolute Gasteiger partial charge is 0.416 e. The van der Waals surface area contributed by atoms with Crippen molar-refractivity contribution in [3.63, 3.8) is 0 Å². The summed E-state index contributed by atoms with van der Waals surface area (Å²) in [7, 11) is 0. The Bertz CT molecular complexity index is 1050. The van der Waals surface area contributed by atoms with Gasteiger partial charge in [0.15, 0.2) is 11.6 Å². The van der Waals surface area contributed by atoms with Gasteiger partial charge in [0.2, 0.25) is 0 Å². The molecule has 0 saturated heterocycles. The molecule has 1 aromatic heterocycles. The van der Waals surface area contributed by atoms with Crippen LogP contribution >= 0.6 is 11.3 Å². The zero-order valence-corrected chi connectivity index (χ0v) is 15.5. The highest BCUT2D eigenvalue weighted by Gasteiger charge is 2.31. The van der Waals surface area contributed by atoms with E-state index in [9.17, 15) is 22.4 Å². The lowest BCUT2D eigenvalue weighted by Gasteiger charge is -2.13. The van der Waals surface area contributed by atoms with Crippen molar-refractivity contribution in [1.29, 1.82) is 0 Å². The molecule has 3 aromatic rings. The maximum absolute atomic E-state index is 15.0. The fourth-order valence-electron chi connectivity index (χ4n) is 2.79. The van der Waals surface area contributed by atoms with E-state index in [0.717, 1.165) is 17.4 Å². The third-order valence-corrected chi connectivity index (χ3v) is 4.96. The van der Waals surface area contributed by atoms with E-state index in [1.54, 1.807) is 0 Å². The molecule has 0 aliphatic heterocycles. The molecule has 4 nitrogen and oxygen atoms in total. The van der Waals surface area contributed by atoms with Gasteiger partial charge in [0, 0.05) is 17.5 Å². The number of rotatable bonds is 7. The van der Waals surface area contributed by atoms with E-state index in [1.165, 1.54) is 11.6 Å². The molecule has 0 atom stereocenters. The van der Waals surface area contributed by atoms with Crippen molar-refractivity contribution in [3.8, 4) is 0 Å². The highest BCUT2D eigenvalue weighted by atomic mass is 32.1. The molecule has 1 heterocycles. The molecule has 0 aliphatic rings. The molecule has 1 N–H and O–H groups in total. The summed E-state index contributed by atoms with van der Waals surface area (Å²) in [6.07, 6.45) is -5.15. The van der Waals surface area contributed by atoms with Crippen molar-refractivity contribution >= 4 is 27.3 Å². The van der Waals surface area contributed by atoms with Crippen LogP contribution in [0.2, 0.25) is 0 Å². The average molecular weight is 431 g/mol. The second kappa shape index (κ2) is 8.52. The minimum absolute atomic E-state index is 0.00912. The van der Waals surface area contributed by atoms with E-state index in [4.69, 9.17) is 9.84 Å². The lowest BCUT2D eigenvalue weighted by Crippen LogP contribution is -2.15. The van der Waals surface area contributed by atoms with Crippen LogP contribution in [0.1, 0.15) is 27.0 Å². The zero-order valence-electron chi connectivity index (χ0n) is 14.7. The van der Waals surface area contributed by atoms with Gasteiger partial charge in [0.1, 0.15) is 17.9 Å². The number of halogens is 5. The molecular formula is C19H14F5NO3S. The third-order valence-electron chi connectivity index (χ3n) is 4.19. The molecule has 10 heteroatoms. The number of benzene rings is 2. The van der Waals surface area contributed by atoms with Crippen LogP contribution in [0.5, 0.6) is 0 Å². The number of ketones is 1. The molecule has 0 aliphatic carbocycles. The Balaban J connectivity index is 2.02. The first-order valence-corrected chi connectivity index (χ1v) is 9.22. The van der Waals surface area contributed by atoms with E-state index in [-0.39, 0.29) is 35.4 Å². The van der Waals surface area contributed by atoms with Crippen LogP contribution in [0.3, 0.4) is 0 Å². The second-order valence-corrected chi connectivity index (χ2v) is 6.98. The van der Waals surface area contributed by atoms with Crippen LogP contribution in [-0.2, 0) is 17.3 Å². The van der Waals surface area contributed by atoms with Crippen molar-refractivity contribution in [2.24, 2.45) is 0 Å². The van der Waals surface area contributed by atoms with Gasteiger partial charge in [-0.2, -0.15) is 13.2 Å². The van der Waals surface area contributed by atoms with Crippen LogP contribution in [0.4, 0.5) is 22.0 Å². The van der Waals surface area contributed by atoms with Crippen molar-refractivity contribution in [1.82, 2.24) is 4.98 Å². The summed E-state index contributed by atoms with van der Waals surface area (Å²) in [5.41, 5.74) is -0.242. The molecule has 0 amide bonds. The molecule has 0 spiro atoms. The summed E-state index contributed by atoms with van der Waals surface area (Å²) in [6.45, 7) is -0.841. The standard InChI is InChI=1S/C19H14F5NO3S/c20-14-6-11(19(22,23)24)2-1-10(14)5-13-12(15(27)8-28-4-3-26)7-16-18(17(13)21)25-9-29-16/h1-2,6-7,9,26H,3-5,8H2. The monoisotopic (exact) mass is 431 g/mol. The topological polar surface area (TPSA) is 59.4 Å². The number of aliphatic hydroxyl groups is 1. The number of hydrogen-bond acceptors (Lipinski definition) is 5. The predicted molar refractivity (Wildman–Crippen MR) is 96.0 cm³/mol. The summed E-state index contributed by atoms with van der Waals surface area (Å²) in [5, 5.41) is 8.74. The van der Waals surface area contributed by atoms with Crippen molar-refractivity contribution in [3.05, 3.63) is 63.7 Å². The lowest BCUT2D eigenvalue weighted by atomic mass is 9.95. The SMILES string of the molecule is O=C(COCCO)c1cc2scnc2c(F)c1Cc1ccc(C(F)(F)F)cc1F. The first-order chi connectivity index (χ1) is 13.7. The van der Waals surface area contributed by atoms with Gasteiger partial charge < -0.3 is 9.84 Å². The van der Waals surface area contributed by atoms with E-state index in [1.807, 2.05) is 0 Å². The fraction of sp³-hybridized carbons (Fsp3) is 0.263. The number of aromatic nitrogens is 1. The van der Waals surface area contributed by atoms with Gasteiger partial charge in [-0.25, -0.2) is 13.8 Å². The fourth-order valence-corrected chi connectivity index (χ4v) is 3.50. The maximum atomic E-state index is 15.0. The van der Waals surface area contributed by atoms with Gasteiger partial charge >= 0.3 is 6.18 Å². The number of Topliss-reactive ketones (excluding diaryl/α,β-unsaturated/α-hetero) is 1. The number of fused-ring (bicyclic) bond motifs is 1. The summed E-state index contributed by atoms with van der Waals surface area (Å²) in [5.74, 6) is -2.60. The molecule has 0 saturated carbocycles. The molecule has 3 rings (SSSR count). The van der Waals surface area contributed by atoms with Gasteiger partial charge in [0.25, 0.3) is 0 Å². The van der Waals surface area contributed by atoms with E-state index in [2.05, 4.69) is 4.98 Å². The molecular weight excluding hydrogens is 417 g/mol. The van der Waals surface area contributed by atoms with Gasteiger partial charge in [-0.05, 0) is 23.8 Å². The van der Waals surface area contributed by atoms with Gasteiger partial charge in [-0.3, -0.25) is 4.79 Å². The summed E-state index contributed by atoms with van der Waals surface area (Å²) >= 11 is 1.10. The average Bonchev–Trinajstić information content (AvgIpc) is 3.13.